The Bertz CT molecular complexity index is 798. The molecule has 1 amide bonds. The summed E-state index contributed by atoms with van der Waals surface area (Å²) in [5.41, 5.74) is 1.72. The number of carbonyl (C=O) groups is 1. The molecule has 1 aliphatic heterocycles. The van der Waals surface area contributed by atoms with Gasteiger partial charge in [-0.15, -0.1) is 0 Å². The Kier molecular flexibility index (Phi) is 4.14. The first kappa shape index (κ1) is 15.3. The molecule has 6 heteroatoms. The summed E-state index contributed by atoms with van der Waals surface area (Å²) in [6.45, 7) is 4.03. The van der Waals surface area contributed by atoms with Crippen molar-refractivity contribution in [1.29, 1.82) is 0 Å². The minimum atomic E-state index is -0.252. The molecule has 0 aliphatic carbocycles. The van der Waals surface area contributed by atoms with Crippen LogP contribution in [0.15, 0.2) is 29.1 Å². The van der Waals surface area contributed by atoms with Gasteiger partial charge < -0.3 is 15.0 Å². The number of hydrogen-bond acceptors (Lipinski definition) is 4. The van der Waals surface area contributed by atoms with Gasteiger partial charge in [-0.2, -0.15) is 0 Å². The highest BCUT2D eigenvalue weighted by molar-refractivity contribution is 5.79. The zero-order chi connectivity index (χ0) is 16.4. The fourth-order valence-electron chi connectivity index (χ4n) is 2.86. The Balaban J connectivity index is 1.75. The number of amides is 1. The monoisotopic (exact) mass is 313 g/mol. The molecule has 2 heterocycles. The molecule has 1 aliphatic rings. The van der Waals surface area contributed by atoms with Crippen LogP contribution in [0.3, 0.4) is 0 Å². The second-order valence-corrected chi connectivity index (χ2v) is 5.69. The molecule has 3 rings (SSSR count). The van der Waals surface area contributed by atoms with Crippen LogP contribution in [-0.4, -0.2) is 22.5 Å². The molecule has 0 fully saturated rings. The maximum atomic E-state index is 12.3. The van der Waals surface area contributed by atoms with E-state index in [2.05, 4.69) is 15.3 Å². The van der Waals surface area contributed by atoms with Crippen LogP contribution < -0.4 is 15.6 Å². The number of fused-ring (bicyclic) bond motifs is 1. The molecule has 23 heavy (non-hydrogen) atoms. The molecule has 1 unspecified atom stereocenters. The van der Waals surface area contributed by atoms with E-state index in [-0.39, 0.29) is 23.9 Å². The van der Waals surface area contributed by atoms with Crippen molar-refractivity contribution in [1.82, 2.24) is 15.3 Å². The normalized spacial score (nSPS) is 16.3. The predicted molar refractivity (Wildman–Crippen MR) is 85.5 cm³/mol. The Morgan fingerprint density at radius 2 is 2.17 bits per heavy atom. The van der Waals surface area contributed by atoms with E-state index in [0.717, 1.165) is 11.3 Å². The van der Waals surface area contributed by atoms with Crippen LogP contribution in [0.25, 0.3) is 0 Å². The van der Waals surface area contributed by atoms with Gasteiger partial charge in [0.15, 0.2) is 0 Å². The molecule has 0 bridgehead atoms. The van der Waals surface area contributed by atoms with Crippen molar-refractivity contribution in [3.05, 3.63) is 57.3 Å². The van der Waals surface area contributed by atoms with Gasteiger partial charge in [-0.25, -0.2) is 4.98 Å². The Morgan fingerprint density at radius 3 is 2.96 bits per heavy atom. The van der Waals surface area contributed by atoms with Gasteiger partial charge in [-0.05, 0) is 19.9 Å². The fraction of sp³-hybridized carbons (Fsp3) is 0.353. The zero-order valence-electron chi connectivity index (χ0n) is 13.2. The maximum absolute atomic E-state index is 12.3. The lowest BCUT2D eigenvalue weighted by atomic mass is 10.00. The lowest BCUT2D eigenvalue weighted by molar-refractivity contribution is -0.121. The number of benzene rings is 1. The topological polar surface area (TPSA) is 84.1 Å². The van der Waals surface area contributed by atoms with Crippen LogP contribution in [0.4, 0.5) is 0 Å². The molecule has 1 atom stereocenters. The third kappa shape index (κ3) is 3.26. The van der Waals surface area contributed by atoms with Crippen molar-refractivity contribution in [2.45, 2.75) is 32.7 Å². The van der Waals surface area contributed by atoms with E-state index in [0.29, 0.717) is 30.1 Å². The number of aromatic nitrogens is 2. The van der Waals surface area contributed by atoms with Gasteiger partial charge in [0, 0.05) is 23.2 Å². The molecule has 6 nitrogen and oxygen atoms in total. The summed E-state index contributed by atoms with van der Waals surface area (Å²) >= 11 is 0. The Morgan fingerprint density at radius 1 is 1.39 bits per heavy atom. The van der Waals surface area contributed by atoms with E-state index in [9.17, 15) is 9.59 Å². The van der Waals surface area contributed by atoms with E-state index in [1.54, 1.807) is 13.8 Å². The smallest absolute Gasteiger partial charge is 0.254 e. The fourth-order valence-corrected chi connectivity index (χ4v) is 2.86. The first-order chi connectivity index (χ1) is 11.0. The first-order valence-electron chi connectivity index (χ1n) is 7.62. The molecule has 120 valence electrons. The number of aromatic amines is 1. The van der Waals surface area contributed by atoms with Crippen LogP contribution in [0.2, 0.25) is 0 Å². The summed E-state index contributed by atoms with van der Waals surface area (Å²) in [5.74, 6) is 1.16. The van der Waals surface area contributed by atoms with Gasteiger partial charge in [0.25, 0.3) is 5.56 Å². The van der Waals surface area contributed by atoms with Gasteiger partial charge in [0.2, 0.25) is 5.91 Å². The standard InChI is InChI=1S/C17H19N3O3/c1-10-13(17(22)19-11(2)18-10)9-16(21)20-14-7-8-23-15-6-4-3-5-12(14)15/h3-6,14H,7-9H2,1-2H3,(H,20,21)(H,18,19,22). The van der Waals surface area contributed by atoms with Crippen molar-refractivity contribution in [3.8, 4) is 5.75 Å². The third-order valence-electron chi connectivity index (χ3n) is 3.97. The Hall–Kier alpha value is -2.63. The van der Waals surface area contributed by atoms with Gasteiger partial charge in [-0.1, -0.05) is 18.2 Å². The predicted octanol–water partition coefficient (Wildman–Crippen LogP) is 1.57. The molecule has 2 N–H and O–H groups in total. The summed E-state index contributed by atoms with van der Waals surface area (Å²) in [6, 6.07) is 7.58. The number of nitrogens with zero attached hydrogens (tertiary/aromatic N) is 1. The summed E-state index contributed by atoms with van der Waals surface area (Å²) in [4.78, 5) is 31.2. The molecule has 0 saturated carbocycles. The molecule has 1 aromatic carbocycles. The van der Waals surface area contributed by atoms with Crippen molar-refractivity contribution >= 4 is 5.91 Å². The number of nitrogens with one attached hydrogen (secondary N) is 2. The summed E-state index contributed by atoms with van der Waals surface area (Å²) in [7, 11) is 0. The third-order valence-corrected chi connectivity index (χ3v) is 3.97. The van der Waals surface area contributed by atoms with Gasteiger partial charge in [0.05, 0.1) is 19.1 Å². The van der Waals surface area contributed by atoms with Gasteiger partial charge in [0.1, 0.15) is 11.6 Å². The lowest BCUT2D eigenvalue weighted by Crippen LogP contribution is -2.34. The van der Waals surface area contributed by atoms with Crippen molar-refractivity contribution in [2.75, 3.05) is 6.61 Å². The molecule has 1 aromatic heterocycles. The number of carbonyl (C=O) groups excluding carboxylic acids is 1. The average Bonchev–Trinajstić information content (AvgIpc) is 2.51. The minimum absolute atomic E-state index is 0.0218. The largest absolute Gasteiger partial charge is 0.493 e. The minimum Gasteiger partial charge on any atom is -0.493 e. The molecule has 0 spiro atoms. The van der Waals surface area contributed by atoms with Crippen LogP contribution in [0.1, 0.15) is 35.1 Å². The quantitative estimate of drug-likeness (QED) is 0.901. The highest BCUT2D eigenvalue weighted by Crippen LogP contribution is 2.31. The Labute approximate surface area is 133 Å². The second-order valence-electron chi connectivity index (χ2n) is 5.69. The highest BCUT2D eigenvalue weighted by atomic mass is 16.5. The molecule has 2 aromatic rings. The van der Waals surface area contributed by atoms with Crippen LogP contribution in [-0.2, 0) is 11.2 Å². The van der Waals surface area contributed by atoms with Crippen LogP contribution in [0, 0.1) is 13.8 Å². The summed E-state index contributed by atoms with van der Waals surface area (Å²) in [6.07, 6.45) is 0.734. The van der Waals surface area contributed by atoms with E-state index in [1.165, 1.54) is 0 Å². The maximum Gasteiger partial charge on any atom is 0.254 e. The van der Waals surface area contributed by atoms with Gasteiger partial charge in [-0.3, -0.25) is 9.59 Å². The summed E-state index contributed by atoms with van der Waals surface area (Å²) in [5, 5.41) is 2.99. The van der Waals surface area contributed by atoms with Crippen LogP contribution in [0.5, 0.6) is 5.75 Å². The number of ether oxygens (including phenoxy) is 1. The highest BCUT2D eigenvalue weighted by Gasteiger charge is 2.23. The lowest BCUT2D eigenvalue weighted by Gasteiger charge is -2.26. The summed E-state index contributed by atoms with van der Waals surface area (Å²) < 4.78 is 5.59. The number of H-pyrrole nitrogens is 1. The van der Waals surface area contributed by atoms with Gasteiger partial charge >= 0.3 is 0 Å². The van der Waals surface area contributed by atoms with E-state index in [1.807, 2.05) is 24.3 Å². The van der Waals surface area contributed by atoms with Crippen molar-refractivity contribution in [3.63, 3.8) is 0 Å². The second kappa shape index (κ2) is 6.24. The number of hydrogen-bond donors (Lipinski definition) is 2. The SMILES string of the molecule is Cc1nc(C)c(CC(=O)NC2CCOc3ccccc32)c(=O)[nH]1. The molecular formula is C17H19N3O3. The molecular weight excluding hydrogens is 294 g/mol. The number of aryl methyl sites for hydroxylation is 2. The first-order valence-corrected chi connectivity index (χ1v) is 7.62. The zero-order valence-corrected chi connectivity index (χ0v) is 13.2. The van der Waals surface area contributed by atoms with Crippen molar-refractivity contribution < 1.29 is 9.53 Å². The molecule has 0 radical (unpaired) electrons. The van der Waals surface area contributed by atoms with E-state index in [4.69, 9.17) is 4.74 Å². The van der Waals surface area contributed by atoms with E-state index >= 15 is 0 Å². The molecule has 0 saturated heterocycles. The average molecular weight is 313 g/mol. The number of rotatable bonds is 3. The van der Waals surface area contributed by atoms with Crippen LogP contribution >= 0.6 is 0 Å². The number of para-hydroxylation sites is 1. The van der Waals surface area contributed by atoms with Crippen molar-refractivity contribution in [2.24, 2.45) is 0 Å². The van der Waals surface area contributed by atoms with E-state index < -0.39 is 0 Å².